The lowest BCUT2D eigenvalue weighted by Gasteiger charge is -2.14. The zero-order valence-electron chi connectivity index (χ0n) is 11.7. The van der Waals surface area contributed by atoms with Crippen LogP contribution in [-0.2, 0) is 12.8 Å². The van der Waals surface area contributed by atoms with Crippen LogP contribution in [0.1, 0.15) is 22.3 Å². The van der Waals surface area contributed by atoms with Crippen LogP contribution < -0.4 is 0 Å². The molecule has 0 bridgehead atoms. The van der Waals surface area contributed by atoms with Gasteiger partial charge in [-0.25, -0.2) is 0 Å². The summed E-state index contributed by atoms with van der Waals surface area (Å²) in [6.45, 7) is 4.13. The van der Waals surface area contributed by atoms with E-state index in [0.717, 1.165) is 11.1 Å². The van der Waals surface area contributed by atoms with Crippen molar-refractivity contribution in [2.24, 2.45) is 0 Å². The van der Waals surface area contributed by atoms with Crippen molar-refractivity contribution < 1.29 is 5.11 Å². The maximum Gasteiger partial charge on any atom is 0.0621 e. The zero-order chi connectivity index (χ0) is 14.7. The summed E-state index contributed by atoms with van der Waals surface area (Å²) in [6, 6.07) is 11.7. The highest BCUT2D eigenvalue weighted by Crippen LogP contribution is 2.26. The van der Waals surface area contributed by atoms with Crippen molar-refractivity contribution in [3.8, 4) is 0 Å². The van der Waals surface area contributed by atoms with Gasteiger partial charge in [-0.15, -0.1) is 0 Å². The predicted octanol–water partition coefficient (Wildman–Crippen LogP) is 4.76. The number of halogens is 2. The van der Waals surface area contributed by atoms with Crippen molar-refractivity contribution in [2.75, 3.05) is 0 Å². The zero-order valence-corrected chi connectivity index (χ0v) is 13.2. The Morgan fingerprint density at radius 1 is 0.950 bits per heavy atom. The summed E-state index contributed by atoms with van der Waals surface area (Å²) in [7, 11) is 0. The van der Waals surface area contributed by atoms with Crippen molar-refractivity contribution >= 4 is 23.2 Å². The summed E-state index contributed by atoms with van der Waals surface area (Å²) in [4.78, 5) is 0. The topological polar surface area (TPSA) is 20.2 Å². The maximum atomic E-state index is 10.3. The third kappa shape index (κ3) is 3.99. The monoisotopic (exact) mass is 308 g/mol. The van der Waals surface area contributed by atoms with Gasteiger partial charge in [0.2, 0.25) is 0 Å². The second-order valence-corrected chi connectivity index (χ2v) is 6.07. The number of aliphatic hydroxyl groups is 1. The van der Waals surface area contributed by atoms with Crippen molar-refractivity contribution in [1.29, 1.82) is 0 Å². The Labute approximate surface area is 130 Å². The lowest BCUT2D eigenvalue weighted by atomic mass is 9.98. The number of rotatable bonds is 4. The molecule has 106 valence electrons. The van der Waals surface area contributed by atoms with Crippen molar-refractivity contribution in [3.63, 3.8) is 0 Å². The van der Waals surface area contributed by atoms with Crippen LogP contribution >= 0.6 is 23.2 Å². The highest BCUT2D eigenvalue weighted by molar-refractivity contribution is 6.35. The van der Waals surface area contributed by atoms with Crippen LogP contribution in [0.4, 0.5) is 0 Å². The van der Waals surface area contributed by atoms with Crippen LogP contribution in [-0.4, -0.2) is 11.2 Å². The average Bonchev–Trinajstić information content (AvgIpc) is 2.32. The third-order valence-electron chi connectivity index (χ3n) is 3.25. The number of benzene rings is 2. The van der Waals surface area contributed by atoms with Gasteiger partial charge in [0, 0.05) is 16.5 Å². The smallest absolute Gasteiger partial charge is 0.0621 e. The molecular weight excluding hydrogens is 291 g/mol. The Morgan fingerprint density at radius 2 is 1.50 bits per heavy atom. The van der Waals surface area contributed by atoms with Crippen LogP contribution in [0.5, 0.6) is 0 Å². The van der Waals surface area contributed by atoms with Gasteiger partial charge in [-0.2, -0.15) is 0 Å². The summed E-state index contributed by atoms with van der Waals surface area (Å²) in [6.07, 6.45) is 0.573. The average molecular weight is 309 g/mol. The van der Waals surface area contributed by atoms with E-state index < -0.39 is 6.10 Å². The molecule has 0 aliphatic rings. The quantitative estimate of drug-likeness (QED) is 0.863. The van der Waals surface area contributed by atoms with E-state index in [0.29, 0.717) is 22.9 Å². The second kappa shape index (κ2) is 6.62. The molecule has 0 radical (unpaired) electrons. The number of aryl methyl sites for hydroxylation is 2. The molecule has 0 amide bonds. The maximum absolute atomic E-state index is 10.3. The van der Waals surface area contributed by atoms with Gasteiger partial charge in [0.1, 0.15) is 0 Å². The Kier molecular flexibility index (Phi) is 5.09. The highest BCUT2D eigenvalue weighted by atomic mass is 35.5. The molecule has 1 unspecified atom stereocenters. The number of hydrogen-bond donors (Lipinski definition) is 1. The van der Waals surface area contributed by atoms with Gasteiger partial charge < -0.3 is 5.11 Å². The highest BCUT2D eigenvalue weighted by Gasteiger charge is 2.12. The molecule has 3 heteroatoms. The minimum Gasteiger partial charge on any atom is -0.392 e. The predicted molar refractivity (Wildman–Crippen MR) is 85.8 cm³/mol. The molecule has 2 rings (SSSR count). The molecule has 0 aromatic heterocycles. The molecule has 2 aromatic rings. The largest absolute Gasteiger partial charge is 0.392 e. The first-order valence-corrected chi connectivity index (χ1v) is 7.39. The SMILES string of the molecule is Cc1cc(C)cc(CC(O)Cc2c(Cl)cccc2Cl)c1. The van der Waals surface area contributed by atoms with Crippen LogP contribution in [0.2, 0.25) is 10.0 Å². The molecule has 0 heterocycles. The molecule has 1 atom stereocenters. The van der Waals surface area contributed by atoms with E-state index in [1.807, 2.05) is 6.07 Å². The fraction of sp³-hybridized carbons (Fsp3) is 0.294. The molecule has 0 aliphatic carbocycles. The number of hydrogen-bond acceptors (Lipinski definition) is 1. The normalized spacial score (nSPS) is 12.4. The van der Waals surface area contributed by atoms with Crippen molar-refractivity contribution in [2.45, 2.75) is 32.8 Å². The Morgan fingerprint density at radius 3 is 2.05 bits per heavy atom. The Balaban J connectivity index is 2.11. The Bertz CT molecular complexity index is 567. The van der Waals surface area contributed by atoms with E-state index in [1.54, 1.807) is 12.1 Å². The molecular formula is C17H18Cl2O. The first kappa shape index (κ1) is 15.4. The molecule has 0 saturated heterocycles. The molecule has 0 spiro atoms. The van der Waals surface area contributed by atoms with Gasteiger partial charge in [-0.3, -0.25) is 0 Å². The van der Waals surface area contributed by atoms with E-state index in [9.17, 15) is 5.11 Å². The van der Waals surface area contributed by atoms with E-state index in [4.69, 9.17) is 23.2 Å². The molecule has 1 nitrogen and oxygen atoms in total. The molecule has 0 aliphatic heterocycles. The van der Waals surface area contributed by atoms with Crippen LogP contribution in [0, 0.1) is 13.8 Å². The molecule has 2 aromatic carbocycles. The van der Waals surface area contributed by atoms with Gasteiger partial charge in [-0.05, 0) is 43.5 Å². The fourth-order valence-electron chi connectivity index (χ4n) is 2.49. The summed E-state index contributed by atoms with van der Waals surface area (Å²) in [5.74, 6) is 0. The van der Waals surface area contributed by atoms with Gasteiger partial charge in [0.15, 0.2) is 0 Å². The van der Waals surface area contributed by atoms with E-state index in [-0.39, 0.29) is 0 Å². The van der Waals surface area contributed by atoms with Crippen LogP contribution in [0.3, 0.4) is 0 Å². The number of aliphatic hydroxyl groups excluding tert-OH is 1. The molecule has 20 heavy (non-hydrogen) atoms. The minimum atomic E-state index is -0.492. The molecule has 0 saturated carbocycles. The molecule has 1 N–H and O–H groups in total. The third-order valence-corrected chi connectivity index (χ3v) is 3.96. The first-order valence-electron chi connectivity index (χ1n) is 6.64. The lowest BCUT2D eigenvalue weighted by molar-refractivity contribution is 0.175. The van der Waals surface area contributed by atoms with Gasteiger partial charge in [0.25, 0.3) is 0 Å². The van der Waals surface area contributed by atoms with Gasteiger partial charge in [0.05, 0.1) is 6.10 Å². The van der Waals surface area contributed by atoms with Crippen LogP contribution in [0.15, 0.2) is 36.4 Å². The van der Waals surface area contributed by atoms with E-state index in [2.05, 4.69) is 32.0 Å². The van der Waals surface area contributed by atoms with Gasteiger partial charge in [-0.1, -0.05) is 58.6 Å². The molecule has 0 fully saturated rings. The van der Waals surface area contributed by atoms with Gasteiger partial charge >= 0.3 is 0 Å². The van der Waals surface area contributed by atoms with E-state index >= 15 is 0 Å². The first-order chi connectivity index (χ1) is 9.45. The lowest BCUT2D eigenvalue weighted by Crippen LogP contribution is -2.14. The summed E-state index contributed by atoms with van der Waals surface area (Å²) < 4.78 is 0. The Hall–Kier alpha value is -1.02. The second-order valence-electron chi connectivity index (χ2n) is 5.26. The summed E-state index contributed by atoms with van der Waals surface area (Å²) in [5.41, 5.74) is 4.37. The van der Waals surface area contributed by atoms with Crippen molar-refractivity contribution in [3.05, 3.63) is 68.7 Å². The fourth-order valence-corrected chi connectivity index (χ4v) is 3.05. The van der Waals surface area contributed by atoms with Crippen LogP contribution in [0.25, 0.3) is 0 Å². The summed E-state index contributed by atoms with van der Waals surface area (Å²) in [5, 5.41) is 11.5. The summed E-state index contributed by atoms with van der Waals surface area (Å²) >= 11 is 12.3. The standard InChI is InChI=1S/C17H18Cl2O/c1-11-6-12(2)8-13(7-11)9-14(20)10-15-16(18)4-3-5-17(15)19/h3-8,14,20H,9-10H2,1-2H3. The minimum absolute atomic E-state index is 0.464. The van der Waals surface area contributed by atoms with E-state index in [1.165, 1.54) is 11.1 Å². The van der Waals surface area contributed by atoms with Crippen molar-refractivity contribution in [1.82, 2.24) is 0 Å².